The first-order valence-electron chi connectivity index (χ1n) is 13.1. The summed E-state index contributed by atoms with van der Waals surface area (Å²) >= 11 is 12.6. The molecule has 38 heavy (non-hydrogen) atoms. The summed E-state index contributed by atoms with van der Waals surface area (Å²) in [4.78, 5) is 14.0. The molecule has 0 atom stereocenters. The van der Waals surface area contributed by atoms with Gasteiger partial charge in [-0.15, -0.1) is 0 Å². The maximum Gasteiger partial charge on any atom is 0.273 e. The number of nitrogens with one attached hydrogen (secondary N) is 1. The van der Waals surface area contributed by atoms with Gasteiger partial charge in [0.15, 0.2) is 0 Å². The molecule has 1 aliphatic heterocycles. The van der Waals surface area contributed by atoms with Crippen LogP contribution in [0.1, 0.15) is 46.9 Å². The zero-order chi connectivity index (χ0) is 26.4. The number of amides is 1. The van der Waals surface area contributed by atoms with E-state index in [2.05, 4.69) is 51.7 Å². The van der Waals surface area contributed by atoms with E-state index in [9.17, 15) is 4.79 Å². The Morgan fingerprint density at radius 3 is 2.37 bits per heavy atom. The molecular formula is C32H29Cl2N3O. The SMILES string of the molecule is CCc1ccc(-c2c3c4n(c(-c5ccc(Cl)c(Cl)c5)cn4c2C(=O)Nc2ccc(C)cc2)CCCC3)cc1. The number of hydrogen-bond donors (Lipinski definition) is 1. The van der Waals surface area contributed by atoms with Gasteiger partial charge in [0.1, 0.15) is 11.3 Å². The van der Waals surface area contributed by atoms with Crippen LogP contribution in [0.3, 0.4) is 0 Å². The topological polar surface area (TPSA) is 38.4 Å². The van der Waals surface area contributed by atoms with E-state index in [0.717, 1.165) is 71.5 Å². The second-order valence-corrected chi connectivity index (χ2v) is 10.8. The normalized spacial score (nSPS) is 13.1. The van der Waals surface area contributed by atoms with Gasteiger partial charge in [-0.3, -0.25) is 9.20 Å². The number of aromatic nitrogens is 2. The molecule has 0 fully saturated rings. The van der Waals surface area contributed by atoms with E-state index in [1.165, 1.54) is 11.1 Å². The Labute approximate surface area is 232 Å². The summed E-state index contributed by atoms with van der Waals surface area (Å²) in [6, 6.07) is 22.3. The van der Waals surface area contributed by atoms with Crippen molar-refractivity contribution in [2.45, 2.75) is 46.1 Å². The fourth-order valence-electron chi connectivity index (χ4n) is 5.54. The summed E-state index contributed by atoms with van der Waals surface area (Å²) in [6.45, 7) is 5.07. The molecule has 0 spiro atoms. The first-order valence-corrected chi connectivity index (χ1v) is 13.9. The van der Waals surface area contributed by atoms with Crippen molar-refractivity contribution in [2.75, 3.05) is 5.32 Å². The van der Waals surface area contributed by atoms with Gasteiger partial charge in [0.2, 0.25) is 0 Å². The summed E-state index contributed by atoms with van der Waals surface area (Å²) < 4.78 is 4.43. The fourth-order valence-corrected chi connectivity index (χ4v) is 5.84. The van der Waals surface area contributed by atoms with Crippen LogP contribution in [-0.2, 0) is 19.4 Å². The van der Waals surface area contributed by atoms with Crippen LogP contribution >= 0.6 is 23.2 Å². The van der Waals surface area contributed by atoms with E-state index in [1.54, 1.807) is 0 Å². The van der Waals surface area contributed by atoms with Crippen molar-refractivity contribution in [1.29, 1.82) is 0 Å². The molecule has 1 amide bonds. The monoisotopic (exact) mass is 541 g/mol. The van der Waals surface area contributed by atoms with Gasteiger partial charge in [0.05, 0.1) is 15.7 Å². The zero-order valence-corrected chi connectivity index (χ0v) is 23.0. The number of halogens is 2. The van der Waals surface area contributed by atoms with Crippen molar-refractivity contribution in [3.05, 3.63) is 105 Å². The number of benzene rings is 3. The lowest BCUT2D eigenvalue weighted by molar-refractivity contribution is 0.102. The average molecular weight is 543 g/mol. The molecule has 3 aromatic carbocycles. The smallest absolute Gasteiger partial charge is 0.273 e. The molecule has 3 heterocycles. The third-order valence-electron chi connectivity index (χ3n) is 7.52. The molecule has 1 aliphatic rings. The summed E-state index contributed by atoms with van der Waals surface area (Å²) in [5.41, 5.74) is 10.2. The molecule has 4 nitrogen and oxygen atoms in total. The predicted molar refractivity (Wildman–Crippen MR) is 158 cm³/mol. The number of imidazole rings is 1. The van der Waals surface area contributed by atoms with Crippen LogP contribution < -0.4 is 5.32 Å². The Morgan fingerprint density at radius 1 is 0.921 bits per heavy atom. The Kier molecular flexibility index (Phi) is 6.55. The van der Waals surface area contributed by atoms with E-state index in [1.807, 2.05) is 49.4 Å². The molecule has 0 unspecified atom stereocenters. The second-order valence-electron chi connectivity index (χ2n) is 10.0. The highest BCUT2D eigenvalue weighted by Crippen LogP contribution is 2.40. The van der Waals surface area contributed by atoms with Crippen LogP contribution in [-0.4, -0.2) is 14.9 Å². The highest BCUT2D eigenvalue weighted by atomic mass is 35.5. The number of carbonyl (C=O) groups excluding carboxylic acids is 1. The molecule has 0 saturated heterocycles. The zero-order valence-electron chi connectivity index (χ0n) is 21.5. The largest absolute Gasteiger partial charge is 0.325 e. The van der Waals surface area contributed by atoms with Crippen LogP contribution in [0.2, 0.25) is 10.0 Å². The molecular weight excluding hydrogens is 513 g/mol. The molecule has 6 heteroatoms. The molecule has 192 valence electrons. The molecule has 0 bridgehead atoms. The van der Waals surface area contributed by atoms with Crippen LogP contribution in [0.15, 0.2) is 72.9 Å². The molecule has 6 rings (SSSR count). The van der Waals surface area contributed by atoms with Crippen molar-refractivity contribution in [3.63, 3.8) is 0 Å². The molecule has 1 N–H and O–H groups in total. The van der Waals surface area contributed by atoms with Gasteiger partial charge in [-0.25, -0.2) is 0 Å². The number of carbonyl (C=O) groups is 1. The minimum absolute atomic E-state index is 0.122. The van der Waals surface area contributed by atoms with E-state index in [-0.39, 0.29) is 5.91 Å². The number of nitrogens with zero attached hydrogens (tertiary/aromatic N) is 2. The molecule has 2 aromatic heterocycles. The van der Waals surface area contributed by atoms with Gasteiger partial charge in [-0.1, -0.05) is 78.2 Å². The Balaban J connectivity index is 1.59. The Bertz CT molecular complexity index is 1660. The minimum atomic E-state index is -0.122. The molecule has 0 radical (unpaired) electrons. The lowest BCUT2D eigenvalue weighted by Gasteiger charge is -2.11. The van der Waals surface area contributed by atoms with Crippen molar-refractivity contribution in [1.82, 2.24) is 8.97 Å². The quantitative estimate of drug-likeness (QED) is 0.237. The molecule has 0 aliphatic carbocycles. The van der Waals surface area contributed by atoms with Crippen molar-refractivity contribution in [3.8, 4) is 22.4 Å². The summed E-state index contributed by atoms with van der Waals surface area (Å²) in [5, 5.41) is 4.21. The van der Waals surface area contributed by atoms with Crippen molar-refractivity contribution >= 4 is 40.4 Å². The third kappa shape index (κ3) is 4.32. The number of rotatable bonds is 5. The standard InChI is InChI=1S/C32H29Cl2N3O/c1-3-21-9-11-22(12-10-21)29-25-6-4-5-17-36-28(23-13-16-26(33)27(34)18-23)19-37(32(25)36)30(29)31(38)35-24-14-7-20(2)8-15-24/h7-16,18-19H,3-6,17H2,1-2H3,(H,35,38). The third-order valence-corrected chi connectivity index (χ3v) is 8.26. The van der Waals surface area contributed by atoms with Crippen molar-refractivity contribution in [2.24, 2.45) is 0 Å². The lowest BCUT2D eigenvalue weighted by Crippen LogP contribution is -2.15. The Morgan fingerprint density at radius 2 is 1.66 bits per heavy atom. The number of aryl methyl sites for hydroxylation is 4. The minimum Gasteiger partial charge on any atom is -0.325 e. The highest BCUT2D eigenvalue weighted by Gasteiger charge is 2.29. The van der Waals surface area contributed by atoms with Crippen LogP contribution in [0.5, 0.6) is 0 Å². The summed E-state index contributed by atoms with van der Waals surface area (Å²) in [6.07, 6.45) is 6.09. The molecule has 5 aromatic rings. The van der Waals surface area contributed by atoms with Gasteiger partial charge < -0.3 is 9.88 Å². The van der Waals surface area contributed by atoms with Crippen LogP contribution in [0.25, 0.3) is 28.0 Å². The highest BCUT2D eigenvalue weighted by molar-refractivity contribution is 6.42. The summed E-state index contributed by atoms with van der Waals surface area (Å²) in [5.74, 6) is -0.122. The summed E-state index contributed by atoms with van der Waals surface area (Å²) in [7, 11) is 0. The number of hydrogen-bond acceptors (Lipinski definition) is 1. The maximum atomic E-state index is 14.0. The van der Waals surface area contributed by atoms with E-state index >= 15 is 0 Å². The first-order chi connectivity index (χ1) is 18.4. The molecule has 0 saturated carbocycles. The number of anilines is 1. The van der Waals surface area contributed by atoms with Gasteiger partial charge in [-0.05, 0) is 68.0 Å². The van der Waals surface area contributed by atoms with Gasteiger partial charge >= 0.3 is 0 Å². The van der Waals surface area contributed by atoms with Crippen LogP contribution in [0.4, 0.5) is 5.69 Å². The van der Waals surface area contributed by atoms with Crippen LogP contribution in [0, 0.1) is 6.92 Å². The van der Waals surface area contributed by atoms with E-state index in [4.69, 9.17) is 23.2 Å². The maximum absolute atomic E-state index is 14.0. The Hall–Kier alpha value is -3.47. The predicted octanol–water partition coefficient (Wildman–Crippen LogP) is 8.84. The van der Waals surface area contributed by atoms with E-state index in [0.29, 0.717) is 15.7 Å². The average Bonchev–Trinajstić information content (AvgIpc) is 3.34. The lowest BCUT2D eigenvalue weighted by atomic mass is 9.96. The second kappa shape index (κ2) is 10.0. The van der Waals surface area contributed by atoms with Gasteiger partial charge in [0.25, 0.3) is 5.91 Å². The van der Waals surface area contributed by atoms with Gasteiger partial charge in [-0.2, -0.15) is 0 Å². The first kappa shape index (κ1) is 24.8. The van der Waals surface area contributed by atoms with Crippen molar-refractivity contribution < 1.29 is 4.79 Å². The van der Waals surface area contributed by atoms with Gasteiger partial charge in [0, 0.05) is 35.1 Å². The van der Waals surface area contributed by atoms with E-state index < -0.39 is 0 Å². The fraction of sp³-hybridized carbons (Fsp3) is 0.219.